The van der Waals surface area contributed by atoms with Crippen LogP contribution in [0.2, 0.25) is 0 Å². The van der Waals surface area contributed by atoms with E-state index in [1.54, 1.807) is 7.11 Å². The lowest BCUT2D eigenvalue weighted by atomic mass is 9.94. The Bertz CT molecular complexity index is 1500. The molecule has 1 N–H and O–H groups in total. The maximum Gasteiger partial charge on any atom is 0.232 e. The van der Waals surface area contributed by atoms with Crippen LogP contribution in [0.3, 0.4) is 0 Å². The second-order valence-electron chi connectivity index (χ2n) is 8.95. The summed E-state index contributed by atoms with van der Waals surface area (Å²) in [5.74, 6) is 0.627. The highest BCUT2D eigenvalue weighted by atomic mass is 79.9. The Labute approximate surface area is 212 Å². The summed E-state index contributed by atoms with van der Waals surface area (Å²) in [5, 5.41) is 4.55. The summed E-state index contributed by atoms with van der Waals surface area (Å²) in [7, 11) is 1.66. The van der Waals surface area contributed by atoms with Crippen LogP contribution in [-0.4, -0.2) is 28.9 Å². The van der Waals surface area contributed by atoms with Crippen molar-refractivity contribution in [1.82, 2.24) is 9.55 Å². The molecule has 2 aliphatic carbocycles. The number of aromatic nitrogens is 2. The molecule has 2 heterocycles. The fraction of sp³-hybridized carbons (Fsp3) is 0.250. The molecule has 176 valence electrons. The summed E-state index contributed by atoms with van der Waals surface area (Å²) >= 11 is 3.57. The van der Waals surface area contributed by atoms with Crippen LogP contribution in [0.25, 0.3) is 28.1 Å². The molecule has 2 aliphatic heterocycles. The van der Waals surface area contributed by atoms with Crippen molar-refractivity contribution in [3.05, 3.63) is 82.1 Å². The van der Waals surface area contributed by atoms with Gasteiger partial charge < -0.3 is 14.6 Å². The third-order valence-electron chi connectivity index (χ3n) is 6.65. The Hall–Kier alpha value is -3.45. The van der Waals surface area contributed by atoms with E-state index in [2.05, 4.69) is 85.4 Å². The number of nitrogens with zero attached hydrogens (tertiary/aromatic N) is 4. The zero-order valence-corrected chi connectivity index (χ0v) is 21.1. The number of hydrogen-bond acceptors (Lipinski definition) is 5. The highest BCUT2D eigenvalue weighted by molar-refractivity contribution is 9.10. The van der Waals surface area contributed by atoms with Gasteiger partial charge in [0.05, 0.1) is 52.3 Å². The van der Waals surface area contributed by atoms with Gasteiger partial charge >= 0.3 is 0 Å². The van der Waals surface area contributed by atoms with E-state index >= 15 is 0 Å². The zero-order chi connectivity index (χ0) is 23.8. The van der Waals surface area contributed by atoms with Gasteiger partial charge in [-0.2, -0.15) is 0 Å². The molecule has 6 nitrogen and oxygen atoms in total. The molecule has 0 aromatic heterocycles. The van der Waals surface area contributed by atoms with Crippen LogP contribution in [0.4, 0.5) is 5.69 Å². The highest BCUT2D eigenvalue weighted by Gasteiger charge is 2.20. The summed E-state index contributed by atoms with van der Waals surface area (Å²) in [4.78, 5) is 14.6. The fourth-order valence-electron chi connectivity index (χ4n) is 4.63. The lowest BCUT2D eigenvalue weighted by Crippen LogP contribution is -2.23. The molecular formula is C28H26BrN5O. The molecule has 0 saturated heterocycles. The van der Waals surface area contributed by atoms with Crippen molar-refractivity contribution in [2.45, 2.75) is 38.1 Å². The molecule has 0 unspecified atom stereocenters. The van der Waals surface area contributed by atoms with Crippen LogP contribution in [0.1, 0.15) is 32.1 Å². The van der Waals surface area contributed by atoms with E-state index in [-0.39, 0.29) is 0 Å². The van der Waals surface area contributed by atoms with Gasteiger partial charge in [0.25, 0.3) is 0 Å². The molecular weight excluding hydrogens is 502 g/mol. The lowest BCUT2D eigenvalue weighted by molar-refractivity contribution is 0.281. The van der Waals surface area contributed by atoms with E-state index in [1.165, 1.54) is 6.42 Å². The number of allylic oxidation sites excluding steroid dienone is 1. The molecule has 0 spiro atoms. The first kappa shape index (κ1) is 22.0. The summed E-state index contributed by atoms with van der Waals surface area (Å²) in [6, 6.07) is 21.3. The number of halogens is 1. The first-order valence-electron chi connectivity index (χ1n) is 12.0. The molecule has 2 aromatic carbocycles. The molecule has 1 saturated carbocycles. The van der Waals surface area contributed by atoms with Gasteiger partial charge in [-0.25, -0.2) is 9.98 Å². The van der Waals surface area contributed by atoms with Crippen molar-refractivity contribution in [1.29, 1.82) is 0 Å². The van der Waals surface area contributed by atoms with Gasteiger partial charge in [-0.05, 0) is 80.6 Å². The molecule has 0 bridgehead atoms. The van der Waals surface area contributed by atoms with Crippen LogP contribution in [-0.2, 0) is 4.74 Å². The molecule has 7 heteroatoms. The molecule has 0 radical (unpaired) electrons. The van der Waals surface area contributed by atoms with Gasteiger partial charge in [0.1, 0.15) is 0 Å². The highest BCUT2D eigenvalue weighted by Crippen LogP contribution is 2.31. The van der Waals surface area contributed by atoms with Gasteiger partial charge in [-0.1, -0.05) is 28.1 Å². The molecule has 4 aliphatic rings. The van der Waals surface area contributed by atoms with Crippen LogP contribution in [0, 0.1) is 0 Å². The van der Waals surface area contributed by atoms with E-state index in [4.69, 9.17) is 14.7 Å². The predicted molar refractivity (Wildman–Crippen MR) is 144 cm³/mol. The number of hydrogen-bond donors (Lipinski definition) is 1. The van der Waals surface area contributed by atoms with Crippen LogP contribution < -0.4 is 10.7 Å². The van der Waals surface area contributed by atoms with Crippen molar-refractivity contribution in [3.8, 4) is 17.1 Å². The van der Waals surface area contributed by atoms with E-state index in [0.717, 1.165) is 75.0 Å². The average molecular weight is 528 g/mol. The maximum atomic E-state index is 5.53. The summed E-state index contributed by atoms with van der Waals surface area (Å²) in [6.45, 7) is 0. The van der Waals surface area contributed by atoms with E-state index < -0.39 is 0 Å². The third kappa shape index (κ3) is 4.25. The minimum Gasteiger partial charge on any atom is -0.480 e. The summed E-state index contributed by atoms with van der Waals surface area (Å²) in [5.41, 5.74) is 6.92. The lowest BCUT2D eigenvalue weighted by Gasteiger charge is -2.24. The van der Waals surface area contributed by atoms with Crippen molar-refractivity contribution >= 4 is 38.9 Å². The minimum atomic E-state index is 0.364. The fourth-order valence-corrected chi connectivity index (χ4v) is 4.89. The van der Waals surface area contributed by atoms with Gasteiger partial charge in [0, 0.05) is 16.4 Å². The summed E-state index contributed by atoms with van der Waals surface area (Å²) in [6.07, 6.45) is 7.14. The van der Waals surface area contributed by atoms with Crippen LogP contribution in [0.5, 0.6) is 0 Å². The minimum absolute atomic E-state index is 0.364. The van der Waals surface area contributed by atoms with Crippen molar-refractivity contribution < 1.29 is 4.74 Å². The average Bonchev–Trinajstić information content (AvgIpc) is 2.86. The normalized spacial score (nSPS) is 16.7. The van der Waals surface area contributed by atoms with E-state index in [9.17, 15) is 0 Å². The van der Waals surface area contributed by atoms with Gasteiger partial charge in [0.2, 0.25) is 5.88 Å². The Morgan fingerprint density at radius 3 is 2.69 bits per heavy atom. The summed E-state index contributed by atoms with van der Waals surface area (Å²) < 4.78 is 8.85. The second kappa shape index (κ2) is 9.30. The number of anilines is 1. The SMILES string of the molecule is COC1=C(Nc2cc3nc4ccccc4n(-c4ccc(Br)cc4)c-3cc2=NC2CCC2)CCC=N1. The molecule has 0 amide bonds. The standard InChI is InChI=1S/C28H26BrN5O/c1-35-28-22(9-5-15-30-28)33-23-16-25-27(17-24(23)31-19-6-4-7-19)34(20-13-11-18(29)12-14-20)26-10-3-2-8-21(26)32-25/h2-3,8,10-17,19,33H,4-7,9H2,1H3. The molecule has 0 atom stereocenters. The maximum absolute atomic E-state index is 5.53. The van der Waals surface area contributed by atoms with Crippen molar-refractivity contribution in [2.75, 3.05) is 12.4 Å². The van der Waals surface area contributed by atoms with Gasteiger partial charge in [-0.15, -0.1) is 0 Å². The first-order valence-corrected chi connectivity index (χ1v) is 12.8. The number of para-hydroxylation sites is 2. The Morgan fingerprint density at radius 1 is 1.09 bits per heavy atom. The van der Waals surface area contributed by atoms with E-state index in [1.807, 2.05) is 12.3 Å². The number of aliphatic imine (C=N–C) groups is 1. The topological polar surface area (TPSA) is 63.8 Å². The van der Waals surface area contributed by atoms with Gasteiger partial charge in [0.15, 0.2) is 0 Å². The molecule has 1 fully saturated rings. The monoisotopic (exact) mass is 527 g/mol. The van der Waals surface area contributed by atoms with Crippen LogP contribution >= 0.6 is 15.9 Å². The number of fused-ring (bicyclic) bond motifs is 2. The van der Waals surface area contributed by atoms with Gasteiger partial charge in [-0.3, -0.25) is 4.99 Å². The molecule has 2 aromatic rings. The predicted octanol–water partition coefficient (Wildman–Crippen LogP) is 6.44. The number of ether oxygens (including phenoxy) is 1. The Morgan fingerprint density at radius 2 is 1.91 bits per heavy atom. The smallest absolute Gasteiger partial charge is 0.232 e. The largest absolute Gasteiger partial charge is 0.480 e. The third-order valence-corrected chi connectivity index (χ3v) is 7.18. The number of benzene rings is 3. The first-order chi connectivity index (χ1) is 17.2. The Balaban J connectivity index is 1.61. The Kier molecular flexibility index (Phi) is 5.86. The zero-order valence-electron chi connectivity index (χ0n) is 19.5. The number of nitrogens with one attached hydrogen (secondary N) is 1. The second-order valence-corrected chi connectivity index (χ2v) is 9.86. The number of methoxy groups -OCH3 is 1. The molecule has 6 rings (SSSR count). The van der Waals surface area contributed by atoms with Crippen LogP contribution in [0.15, 0.2) is 86.7 Å². The van der Waals surface area contributed by atoms with Crippen molar-refractivity contribution in [3.63, 3.8) is 0 Å². The molecule has 35 heavy (non-hydrogen) atoms. The van der Waals surface area contributed by atoms with E-state index in [0.29, 0.717) is 11.9 Å². The number of rotatable bonds is 5. The van der Waals surface area contributed by atoms with Crippen molar-refractivity contribution in [2.24, 2.45) is 9.98 Å². The quantitative estimate of drug-likeness (QED) is 0.304.